The number of nitro groups is 1. The zero-order chi connectivity index (χ0) is 17.9. The van der Waals surface area contributed by atoms with Crippen LogP contribution in [0.2, 0.25) is 5.02 Å². The van der Waals surface area contributed by atoms with E-state index in [-0.39, 0.29) is 35.4 Å². The van der Waals surface area contributed by atoms with E-state index in [1.807, 2.05) is 0 Å². The van der Waals surface area contributed by atoms with Crippen LogP contribution in [0, 0.1) is 16.0 Å². The van der Waals surface area contributed by atoms with Gasteiger partial charge in [0, 0.05) is 30.8 Å². The maximum absolute atomic E-state index is 12.1. The van der Waals surface area contributed by atoms with E-state index < -0.39 is 22.6 Å². The summed E-state index contributed by atoms with van der Waals surface area (Å²) < 4.78 is 0. The molecule has 24 heavy (non-hydrogen) atoms. The quantitative estimate of drug-likeness (QED) is 0.472. The Bertz CT molecular complexity index is 700. The molecule has 128 valence electrons. The Kier molecular flexibility index (Phi) is 5.35. The van der Waals surface area contributed by atoms with Crippen molar-refractivity contribution in [3.8, 4) is 0 Å². The molecule has 1 aromatic rings. The van der Waals surface area contributed by atoms with Gasteiger partial charge < -0.3 is 16.0 Å². The third-order valence-corrected chi connectivity index (χ3v) is 4.10. The van der Waals surface area contributed by atoms with E-state index in [2.05, 4.69) is 5.32 Å². The molecule has 1 fully saturated rings. The van der Waals surface area contributed by atoms with E-state index in [1.165, 1.54) is 17.0 Å². The summed E-state index contributed by atoms with van der Waals surface area (Å²) in [5, 5.41) is 13.1. The summed E-state index contributed by atoms with van der Waals surface area (Å²) in [5.41, 5.74) is 4.94. The average Bonchev–Trinajstić information content (AvgIpc) is 2.55. The average molecular weight is 355 g/mol. The second-order valence-corrected chi connectivity index (χ2v) is 5.75. The maximum atomic E-state index is 12.1. The number of nitrogens with two attached hydrogens (primary N) is 1. The van der Waals surface area contributed by atoms with Gasteiger partial charge in [-0.3, -0.25) is 24.5 Å². The Labute approximate surface area is 141 Å². The van der Waals surface area contributed by atoms with Crippen LogP contribution in [-0.2, 0) is 14.4 Å². The summed E-state index contributed by atoms with van der Waals surface area (Å²) in [5.74, 6) is -2.39. The number of carbonyl (C=O) groups is 3. The van der Waals surface area contributed by atoms with E-state index in [4.69, 9.17) is 17.3 Å². The summed E-state index contributed by atoms with van der Waals surface area (Å²) in [6.45, 7) is 0.501. The van der Waals surface area contributed by atoms with Crippen molar-refractivity contribution in [2.24, 2.45) is 11.7 Å². The standard InChI is InChI=1S/C14H15ClN4O5/c15-10-2-1-9(7-11(10)19(23)24)17-13(21)14(22)18-5-3-8(4-6-18)12(16)20/h1-2,7-8H,3-6H2,(H2,16,20)(H,17,21). The van der Waals surface area contributed by atoms with E-state index in [0.29, 0.717) is 12.8 Å². The first-order valence-electron chi connectivity index (χ1n) is 7.13. The van der Waals surface area contributed by atoms with Crippen molar-refractivity contribution >= 4 is 40.7 Å². The predicted octanol–water partition coefficient (Wildman–Crippen LogP) is 0.911. The van der Waals surface area contributed by atoms with E-state index in [1.54, 1.807) is 0 Å². The molecule has 10 heteroatoms. The second-order valence-electron chi connectivity index (χ2n) is 5.35. The van der Waals surface area contributed by atoms with Crippen molar-refractivity contribution in [2.75, 3.05) is 18.4 Å². The highest BCUT2D eigenvalue weighted by Gasteiger charge is 2.29. The van der Waals surface area contributed by atoms with Crippen LogP contribution in [0.5, 0.6) is 0 Å². The Morgan fingerprint density at radius 2 is 1.92 bits per heavy atom. The monoisotopic (exact) mass is 354 g/mol. The van der Waals surface area contributed by atoms with Crippen LogP contribution in [0.4, 0.5) is 11.4 Å². The summed E-state index contributed by atoms with van der Waals surface area (Å²) in [6.07, 6.45) is 0.807. The lowest BCUT2D eigenvalue weighted by atomic mass is 9.96. The molecule has 0 aliphatic carbocycles. The number of hydrogen-bond acceptors (Lipinski definition) is 5. The van der Waals surface area contributed by atoms with Crippen LogP contribution in [0.1, 0.15) is 12.8 Å². The molecular formula is C14H15ClN4O5. The molecule has 0 radical (unpaired) electrons. The third-order valence-electron chi connectivity index (χ3n) is 3.78. The lowest BCUT2D eigenvalue weighted by Gasteiger charge is -2.29. The number of piperidine rings is 1. The SMILES string of the molecule is NC(=O)C1CCN(C(=O)C(=O)Nc2ccc(Cl)c([N+](=O)[O-])c2)CC1. The number of benzene rings is 1. The van der Waals surface area contributed by atoms with Gasteiger partial charge in [0.05, 0.1) is 4.92 Å². The molecule has 1 aliphatic heterocycles. The number of primary amides is 1. The third kappa shape index (κ3) is 3.99. The van der Waals surface area contributed by atoms with Crippen molar-refractivity contribution in [3.05, 3.63) is 33.3 Å². The van der Waals surface area contributed by atoms with Gasteiger partial charge in [0.2, 0.25) is 5.91 Å². The Hall–Kier alpha value is -2.68. The Morgan fingerprint density at radius 3 is 2.46 bits per heavy atom. The normalized spacial score (nSPS) is 15.0. The van der Waals surface area contributed by atoms with Crippen LogP contribution in [-0.4, -0.2) is 40.6 Å². The molecule has 0 atom stereocenters. The number of nitrogens with one attached hydrogen (secondary N) is 1. The molecule has 0 aromatic heterocycles. The summed E-state index contributed by atoms with van der Waals surface area (Å²) in [6, 6.07) is 3.70. The highest BCUT2D eigenvalue weighted by atomic mass is 35.5. The fourth-order valence-corrected chi connectivity index (χ4v) is 2.61. The van der Waals surface area contributed by atoms with Gasteiger partial charge in [0.25, 0.3) is 5.69 Å². The number of anilines is 1. The van der Waals surface area contributed by atoms with E-state index >= 15 is 0 Å². The molecule has 1 heterocycles. The molecule has 3 N–H and O–H groups in total. The molecule has 3 amide bonds. The molecule has 0 bridgehead atoms. The highest BCUT2D eigenvalue weighted by molar-refractivity contribution is 6.39. The highest BCUT2D eigenvalue weighted by Crippen LogP contribution is 2.27. The van der Waals surface area contributed by atoms with Gasteiger partial charge in [-0.2, -0.15) is 0 Å². The zero-order valence-electron chi connectivity index (χ0n) is 12.5. The van der Waals surface area contributed by atoms with Crippen molar-refractivity contribution in [2.45, 2.75) is 12.8 Å². The summed E-state index contributed by atoms with van der Waals surface area (Å²) in [7, 11) is 0. The van der Waals surface area contributed by atoms with Crippen LogP contribution in [0.15, 0.2) is 18.2 Å². The van der Waals surface area contributed by atoms with Crippen LogP contribution < -0.4 is 11.1 Å². The molecule has 0 unspecified atom stereocenters. The van der Waals surface area contributed by atoms with Crippen molar-refractivity contribution in [1.29, 1.82) is 0 Å². The van der Waals surface area contributed by atoms with Crippen LogP contribution in [0.3, 0.4) is 0 Å². The van der Waals surface area contributed by atoms with Crippen molar-refractivity contribution in [3.63, 3.8) is 0 Å². The summed E-state index contributed by atoms with van der Waals surface area (Å²) in [4.78, 5) is 46.6. The molecule has 1 aliphatic rings. The molecule has 2 rings (SSSR count). The predicted molar refractivity (Wildman–Crippen MR) is 85.2 cm³/mol. The Morgan fingerprint density at radius 1 is 1.29 bits per heavy atom. The van der Waals surface area contributed by atoms with Crippen LogP contribution in [0.25, 0.3) is 0 Å². The molecule has 1 aromatic carbocycles. The number of hydrogen-bond donors (Lipinski definition) is 2. The zero-order valence-corrected chi connectivity index (χ0v) is 13.3. The lowest BCUT2D eigenvalue weighted by molar-refractivity contribution is -0.384. The van der Waals surface area contributed by atoms with Crippen molar-refractivity contribution in [1.82, 2.24) is 4.90 Å². The smallest absolute Gasteiger partial charge is 0.313 e. The number of nitrogens with zero attached hydrogens (tertiary/aromatic N) is 2. The minimum atomic E-state index is -0.913. The fraction of sp³-hybridized carbons (Fsp3) is 0.357. The number of halogens is 1. The van der Waals surface area contributed by atoms with Gasteiger partial charge in [0.15, 0.2) is 0 Å². The first kappa shape index (κ1) is 17.7. The number of amides is 3. The van der Waals surface area contributed by atoms with Gasteiger partial charge in [-0.25, -0.2) is 0 Å². The number of rotatable bonds is 3. The van der Waals surface area contributed by atoms with E-state index in [9.17, 15) is 24.5 Å². The number of likely N-dealkylation sites (tertiary alicyclic amines) is 1. The van der Waals surface area contributed by atoms with Gasteiger partial charge in [0.1, 0.15) is 5.02 Å². The molecular weight excluding hydrogens is 340 g/mol. The lowest BCUT2D eigenvalue weighted by Crippen LogP contribution is -2.46. The second kappa shape index (κ2) is 7.26. The maximum Gasteiger partial charge on any atom is 0.313 e. The first-order chi connectivity index (χ1) is 11.3. The first-order valence-corrected chi connectivity index (χ1v) is 7.51. The minimum absolute atomic E-state index is 0.0714. The van der Waals surface area contributed by atoms with Gasteiger partial charge in [-0.05, 0) is 25.0 Å². The van der Waals surface area contributed by atoms with Gasteiger partial charge in [-0.15, -0.1) is 0 Å². The number of nitro benzene ring substituents is 1. The molecule has 0 saturated carbocycles. The van der Waals surface area contributed by atoms with Gasteiger partial charge >= 0.3 is 11.8 Å². The summed E-state index contributed by atoms with van der Waals surface area (Å²) >= 11 is 5.68. The van der Waals surface area contributed by atoms with Crippen molar-refractivity contribution < 1.29 is 19.3 Å². The Balaban J connectivity index is 2.00. The van der Waals surface area contributed by atoms with E-state index in [0.717, 1.165) is 6.07 Å². The largest absolute Gasteiger partial charge is 0.369 e. The minimum Gasteiger partial charge on any atom is -0.369 e. The molecule has 9 nitrogen and oxygen atoms in total. The fourth-order valence-electron chi connectivity index (χ4n) is 2.43. The molecule has 0 spiro atoms. The van der Waals surface area contributed by atoms with Crippen LogP contribution >= 0.6 is 11.6 Å². The molecule has 1 saturated heterocycles. The van der Waals surface area contributed by atoms with Gasteiger partial charge in [-0.1, -0.05) is 11.6 Å². The topological polar surface area (TPSA) is 136 Å². The number of carbonyl (C=O) groups excluding carboxylic acids is 3.